The van der Waals surface area contributed by atoms with E-state index in [2.05, 4.69) is 15.0 Å². The Morgan fingerprint density at radius 1 is 1.48 bits per heavy atom. The van der Waals surface area contributed by atoms with Crippen LogP contribution in [0.15, 0.2) is 12.7 Å². The van der Waals surface area contributed by atoms with Crippen molar-refractivity contribution < 1.29 is 27.5 Å². The molecule has 12 heteroatoms. The van der Waals surface area contributed by atoms with Crippen molar-refractivity contribution in [1.82, 2.24) is 19.5 Å². The first-order valence-corrected chi connectivity index (χ1v) is 8.66. The van der Waals surface area contributed by atoms with E-state index in [1.807, 2.05) is 0 Å². The lowest BCUT2D eigenvalue weighted by atomic mass is 10.2. The van der Waals surface area contributed by atoms with Gasteiger partial charge < -0.3 is 24.4 Å². The maximum atomic E-state index is 14.4. The first-order chi connectivity index (χ1) is 11.8. The molecule has 25 heavy (non-hydrogen) atoms. The summed E-state index contributed by atoms with van der Waals surface area (Å²) in [4.78, 5) is 21.3. The van der Waals surface area contributed by atoms with Crippen molar-refractivity contribution in [1.29, 1.82) is 0 Å². The number of nitrogens with two attached hydrogens (primary N) is 1. The van der Waals surface area contributed by atoms with E-state index in [0.29, 0.717) is 0 Å². The number of alkyl halides is 2. The second kappa shape index (κ2) is 7.00. The van der Waals surface area contributed by atoms with Crippen molar-refractivity contribution in [2.45, 2.75) is 44.6 Å². The number of aromatic nitrogens is 4. The smallest absolute Gasteiger partial charge is 0.330 e. The number of anilines is 1. The standard InChI is InChI=1S/C13H18F2N5O4P/c1-7(2)24-25(21)22-4-8-3-13(14,15)12(23-8)20-6-19-9-10(16)17-5-18-11(9)20/h5-8,12,21H,3-4H2,1-2H3,(H2,16,17,18). The van der Waals surface area contributed by atoms with E-state index in [4.69, 9.17) is 19.5 Å². The molecule has 3 heterocycles. The zero-order valence-corrected chi connectivity index (χ0v) is 14.4. The van der Waals surface area contributed by atoms with Crippen LogP contribution in [0, 0.1) is 0 Å². The lowest BCUT2D eigenvalue weighted by molar-refractivity contribution is -0.116. The molecule has 3 unspecified atom stereocenters. The van der Waals surface area contributed by atoms with E-state index in [9.17, 15) is 13.7 Å². The van der Waals surface area contributed by atoms with Crippen LogP contribution in [0.2, 0.25) is 0 Å². The summed E-state index contributed by atoms with van der Waals surface area (Å²) in [6.45, 7) is 3.23. The molecule has 1 saturated heterocycles. The minimum Gasteiger partial charge on any atom is -0.382 e. The molecule has 2 aromatic heterocycles. The van der Waals surface area contributed by atoms with Crippen LogP contribution < -0.4 is 5.73 Å². The summed E-state index contributed by atoms with van der Waals surface area (Å²) in [5, 5.41) is 0. The van der Waals surface area contributed by atoms with Gasteiger partial charge in [-0.05, 0) is 13.8 Å². The largest absolute Gasteiger partial charge is 0.382 e. The third kappa shape index (κ3) is 3.85. The lowest BCUT2D eigenvalue weighted by Crippen LogP contribution is -2.25. The number of fused-ring (bicyclic) bond motifs is 1. The number of rotatable bonds is 6. The van der Waals surface area contributed by atoms with Gasteiger partial charge in [0.25, 0.3) is 5.92 Å². The molecule has 3 rings (SSSR count). The minimum absolute atomic E-state index is 0.0988. The Morgan fingerprint density at radius 3 is 2.96 bits per heavy atom. The Kier molecular flexibility index (Phi) is 5.12. The number of hydrogen-bond acceptors (Lipinski definition) is 8. The van der Waals surface area contributed by atoms with Gasteiger partial charge in [0.05, 0.1) is 25.1 Å². The average Bonchev–Trinajstić information content (AvgIpc) is 3.05. The summed E-state index contributed by atoms with van der Waals surface area (Å²) in [5.74, 6) is -3.07. The Bertz CT molecular complexity index is 746. The molecule has 0 aromatic carbocycles. The SMILES string of the molecule is CC(C)OP(O)OCC1CC(F)(F)C(n2cnc3c(N)ncnc32)O1. The normalized spacial score (nSPS) is 24.2. The number of halogens is 2. The highest BCUT2D eigenvalue weighted by atomic mass is 31.2. The molecule has 0 bridgehead atoms. The summed E-state index contributed by atoms with van der Waals surface area (Å²) >= 11 is 0. The van der Waals surface area contributed by atoms with E-state index in [0.717, 1.165) is 4.57 Å². The molecule has 0 saturated carbocycles. The van der Waals surface area contributed by atoms with E-state index in [1.54, 1.807) is 13.8 Å². The zero-order valence-electron chi connectivity index (χ0n) is 13.5. The highest BCUT2D eigenvalue weighted by Crippen LogP contribution is 2.45. The van der Waals surface area contributed by atoms with Crippen LogP contribution in [-0.4, -0.2) is 49.1 Å². The fourth-order valence-corrected chi connectivity index (χ4v) is 3.22. The third-order valence-corrected chi connectivity index (χ3v) is 4.47. The Labute approximate surface area is 143 Å². The van der Waals surface area contributed by atoms with Crippen molar-refractivity contribution in [3.63, 3.8) is 0 Å². The molecule has 2 aromatic rings. The van der Waals surface area contributed by atoms with Gasteiger partial charge in [0.1, 0.15) is 11.8 Å². The molecule has 1 fully saturated rings. The summed E-state index contributed by atoms with van der Waals surface area (Å²) in [6.07, 6.45) is -0.953. The van der Waals surface area contributed by atoms with Gasteiger partial charge in [-0.2, -0.15) is 0 Å². The molecule has 3 atom stereocenters. The van der Waals surface area contributed by atoms with Crippen LogP contribution in [0.1, 0.15) is 26.5 Å². The van der Waals surface area contributed by atoms with Crippen molar-refractivity contribution in [3.8, 4) is 0 Å². The highest BCUT2D eigenvalue weighted by Gasteiger charge is 2.52. The van der Waals surface area contributed by atoms with E-state index < -0.39 is 33.3 Å². The third-order valence-electron chi connectivity index (χ3n) is 3.49. The van der Waals surface area contributed by atoms with Crippen LogP contribution >= 0.6 is 8.60 Å². The number of nitrogens with zero attached hydrogens (tertiary/aromatic N) is 4. The molecule has 138 valence electrons. The predicted octanol–water partition coefficient (Wildman–Crippen LogP) is 1.99. The van der Waals surface area contributed by atoms with Crippen LogP contribution in [0.3, 0.4) is 0 Å². The van der Waals surface area contributed by atoms with Crippen molar-refractivity contribution in [3.05, 3.63) is 12.7 Å². The first kappa shape index (κ1) is 18.3. The molecule has 9 nitrogen and oxygen atoms in total. The number of ether oxygens (including phenoxy) is 1. The molecular formula is C13H18F2N5O4P. The van der Waals surface area contributed by atoms with Crippen molar-refractivity contribution in [2.75, 3.05) is 12.3 Å². The van der Waals surface area contributed by atoms with Gasteiger partial charge in [0, 0.05) is 6.42 Å². The predicted molar refractivity (Wildman–Crippen MR) is 84.5 cm³/mol. The topological polar surface area (TPSA) is 118 Å². The summed E-state index contributed by atoms with van der Waals surface area (Å²) in [5.41, 5.74) is 6.06. The van der Waals surface area contributed by atoms with Crippen molar-refractivity contribution in [2.24, 2.45) is 0 Å². The first-order valence-electron chi connectivity index (χ1n) is 7.53. The van der Waals surface area contributed by atoms with Gasteiger partial charge >= 0.3 is 8.60 Å². The van der Waals surface area contributed by atoms with Gasteiger partial charge in [-0.25, -0.2) is 23.7 Å². The average molecular weight is 377 g/mol. The van der Waals surface area contributed by atoms with Crippen LogP contribution in [-0.2, 0) is 13.8 Å². The van der Waals surface area contributed by atoms with E-state index >= 15 is 0 Å². The molecule has 1 aliphatic heterocycles. The Balaban J connectivity index is 1.73. The molecule has 3 N–H and O–H groups in total. The molecular weight excluding hydrogens is 359 g/mol. The quantitative estimate of drug-likeness (QED) is 0.734. The number of nitrogen functional groups attached to an aromatic ring is 1. The van der Waals surface area contributed by atoms with E-state index in [1.165, 1.54) is 12.7 Å². The fourth-order valence-electron chi connectivity index (χ4n) is 2.50. The Morgan fingerprint density at radius 2 is 2.24 bits per heavy atom. The van der Waals surface area contributed by atoms with Gasteiger partial charge in [-0.1, -0.05) is 0 Å². The molecule has 0 radical (unpaired) electrons. The molecule has 0 amide bonds. The van der Waals surface area contributed by atoms with Crippen molar-refractivity contribution >= 4 is 25.6 Å². The lowest BCUT2D eigenvalue weighted by Gasteiger charge is -2.19. The summed E-state index contributed by atoms with van der Waals surface area (Å²) in [7, 11) is -2.14. The highest BCUT2D eigenvalue weighted by molar-refractivity contribution is 7.40. The maximum absolute atomic E-state index is 14.4. The number of imidazole rings is 1. The second-order valence-electron chi connectivity index (χ2n) is 5.85. The maximum Gasteiger partial charge on any atom is 0.330 e. The van der Waals surface area contributed by atoms with Gasteiger partial charge in [0.15, 0.2) is 11.5 Å². The molecule has 0 aliphatic carbocycles. The fraction of sp³-hybridized carbons (Fsp3) is 0.615. The monoisotopic (exact) mass is 377 g/mol. The molecule has 0 spiro atoms. The zero-order chi connectivity index (χ0) is 18.2. The van der Waals surface area contributed by atoms with Gasteiger partial charge in [-0.3, -0.25) is 4.57 Å². The van der Waals surface area contributed by atoms with Crippen LogP contribution in [0.5, 0.6) is 0 Å². The Hall–Kier alpha value is -1.52. The minimum atomic E-state index is -3.17. The van der Waals surface area contributed by atoms with Crippen LogP contribution in [0.25, 0.3) is 11.2 Å². The van der Waals surface area contributed by atoms with Gasteiger partial charge in [0.2, 0.25) is 6.23 Å². The summed E-state index contributed by atoms with van der Waals surface area (Å²) < 4.78 is 45.4. The van der Waals surface area contributed by atoms with Crippen LogP contribution in [0.4, 0.5) is 14.6 Å². The summed E-state index contributed by atoms with van der Waals surface area (Å²) in [6, 6.07) is 0. The number of hydrogen-bond donors (Lipinski definition) is 2. The second-order valence-corrected chi connectivity index (χ2v) is 6.79. The van der Waals surface area contributed by atoms with Gasteiger partial charge in [-0.15, -0.1) is 0 Å². The molecule has 1 aliphatic rings. The van der Waals surface area contributed by atoms with E-state index in [-0.39, 0.29) is 29.7 Å².